The van der Waals surface area contributed by atoms with Gasteiger partial charge in [-0.2, -0.15) is 5.10 Å². The molecule has 0 aliphatic heterocycles. The Balaban J connectivity index is 2.12. The van der Waals surface area contributed by atoms with Gasteiger partial charge in [-0.05, 0) is 38.2 Å². The Labute approximate surface area is 122 Å². The van der Waals surface area contributed by atoms with Crippen molar-refractivity contribution in [3.05, 3.63) is 18.0 Å². The monoisotopic (exact) mass is 279 g/mol. The zero-order valence-corrected chi connectivity index (χ0v) is 12.9. The molecule has 0 amide bonds. The van der Waals surface area contributed by atoms with Crippen molar-refractivity contribution in [3.8, 4) is 0 Å². The second-order valence-electron chi connectivity index (χ2n) is 5.82. The van der Waals surface area contributed by atoms with Crippen molar-refractivity contribution in [1.29, 1.82) is 0 Å². The van der Waals surface area contributed by atoms with Gasteiger partial charge < -0.3 is 10.5 Å². The summed E-state index contributed by atoms with van der Waals surface area (Å²) in [7, 11) is 0. The van der Waals surface area contributed by atoms with E-state index in [2.05, 4.69) is 25.0 Å². The highest BCUT2D eigenvalue weighted by molar-refractivity contribution is 5.09. The molecule has 1 saturated carbocycles. The van der Waals surface area contributed by atoms with E-state index >= 15 is 0 Å². The largest absolute Gasteiger partial charge is 0.376 e. The molecule has 1 aromatic heterocycles. The first-order valence-electron chi connectivity index (χ1n) is 8.16. The van der Waals surface area contributed by atoms with Crippen LogP contribution in [-0.2, 0) is 11.3 Å². The van der Waals surface area contributed by atoms with Crippen molar-refractivity contribution in [3.63, 3.8) is 0 Å². The fourth-order valence-corrected chi connectivity index (χ4v) is 3.38. The van der Waals surface area contributed by atoms with Gasteiger partial charge in [-0.3, -0.25) is 4.68 Å². The fourth-order valence-electron chi connectivity index (χ4n) is 3.38. The zero-order chi connectivity index (χ0) is 14.4. The predicted octanol–water partition coefficient (Wildman–Crippen LogP) is 3.28. The molecular weight excluding hydrogens is 250 g/mol. The lowest BCUT2D eigenvalue weighted by Gasteiger charge is -2.34. The van der Waals surface area contributed by atoms with E-state index in [0.29, 0.717) is 5.92 Å². The quantitative estimate of drug-likeness (QED) is 0.833. The second kappa shape index (κ2) is 7.79. The van der Waals surface area contributed by atoms with Crippen LogP contribution in [0.4, 0.5) is 0 Å². The topological polar surface area (TPSA) is 53.1 Å². The smallest absolute Gasteiger partial charge is 0.0810 e. The summed E-state index contributed by atoms with van der Waals surface area (Å²) in [6.07, 6.45) is 9.55. The van der Waals surface area contributed by atoms with Crippen LogP contribution < -0.4 is 5.73 Å². The molecule has 1 aliphatic carbocycles. The number of nitrogens with two attached hydrogens (primary N) is 1. The standard InChI is InChI=1S/C16H29N3O/c1-3-12-19-14(10-11-18-19)15(17)16(20-4-2)13-8-6-5-7-9-13/h10-11,13,15-16H,3-9,12,17H2,1-2H3. The van der Waals surface area contributed by atoms with Gasteiger partial charge in [0.05, 0.1) is 17.8 Å². The molecule has 0 aromatic carbocycles. The van der Waals surface area contributed by atoms with Gasteiger partial charge in [-0.15, -0.1) is 0 Å². The van der Waals surface area contributed by atoms with E-state index in [1.165, 1.54) is 32.1 Å². The van der Waals surface area contributed by atoms with Crippen molar-refractivity contribution in [2.75, 3.05) is 6.61 Å². The maximum Gasteiger partial charge on any atom is 0.0810 e. The molecule has 1 aliphatic rings. The Morgan fingerprint density at radius 1 is 1.35 bits per heavy atom. The van der Waals surface area contributed by atoms with Crippen molar-refractivity contribution in [2.24, 2.45) is 11.7 Å². The molecule has 114 valence electrons. The van der Waals surface area contributed by atoms with Crippen LogP contribution in [0, 0.1) is 5.92 Å². The Hall–Kier alpha value is -0.870. The lowest BCUT2D eigenvalue weighted by Crippen LogP contribution is -2.38. The van der Waals surface area contributed by atoms with Crippen molar-refractivity contribution >= 4 is 0 Å². The van der Waals surface area contributed by atoms with Gasteiger partial charge >= 0.3 is 0 Å². The van der Waals surface area contributed by atoms with Crippen LogP contribution in [0.3, 0.4) is 0 Å². The predicted molar refractivity (Wildman–Crippen MR) is 81.4 cm³/mol. The van der Waals surface area contributed by atoms with Crippen LogP contribution >= 0.6 is 0 Å². The first-order valence-corrected chi connectivity index (χ1v) is 8.16. The van der Waals surface area contributed by atoms with Gasteiger partial charge in [0.1, 0.15) is 0 Å². The third kappa shape index (κ3) is 3.61. The van der Waals surface area contributed by atoms with E-state index in [1.54, 1.807) is 0 Å². The molecule has 1 heterocycles. The fraction of sp³-hybridized carbons (Fsp3) is 0.812. The minimum absolute atomic E-state index is 0.0629. The van der Waals surface area contributed by atoms with Crippen LogP contribution in [-0.4, -0.2) is 22.5 Å². The Morgan fingerprint density at radius 3 is 2.75 bits per heavy atom. The Kier molecular flexibility index (Phi) is 6.05. The molecule has 2 unspecified atom stereocenters. The second-order valence-corrected chi connectivity index (χ2v) is 5.82. The number of hydrogen-bond donors (Lipinski definition) is 1. The first-order chi connectivity index (χ1) is 9.77. The summed E-state index contributed by atoms with van der Waals surface area (Å²) in [4.78, 5) is 0. The summed E-state index contributed by atoms with van der Waals surface area (Å²) in [6, 6.07) is 1.99. The highest BCUT2D eigenvalue weighted by Gasteiger charge is 2.31. The third-order valence-electron chi connectivity index (χ3n) is 4.35. The molecule has 20 heavy (non-hydrogen) atoms. The van der Waals surface area contributed by atoms with Gasteiger partial charge in [-0.1, -0.05) is 26.2 Å². The van der Waals surface area contributed by atoms with E-state index < -0.39 is 0 Å². The van der Waals surface area contributed by atoms with Gasteiger partial charge in [0.15, 0.2) is 0 Å². The number of aromatic nitrogens is 2. The van der Waals surface area contributed by atoms with E-state index in [-0.39, 0.29) is 12.1 Å². The summed E-state index contributed by atoms with van der Waals surface area (Å²) < 4.78 is 8.08. The molecule has 0 bridgehead atoms. The molecule has 4 nitrogen and oxygen atoms in total. The minimum Gasteiger partial charge on any atom is -0.376 e. The number of rotatable bonds is 7. The maximum atomic E-state index is 6.55. The summed E-state index contributed by atoms with van der Waals surface area (Å²) in [5.74, 6) is 0.601. The van der Waals surface area contributed by atoms with Gasteiger partial charge in [0.2, 0.25) is 0 Å². The van der Waals surface area contributed by atoms with Crippen molar-refractivity contribution in [1.82, 2.24) is 9.78 Å². The van der Waals surface area contributed by atoms with Gasteiger partial charge in [-0.25, -0.2) is 0 Å². The van der Waals surface area contributed by atoms with Crippen LogP contribution in [0.1, 0.15) is 64.1 Å². The average Bonchev–Trinajstić information content (AvgIpc) is 2.94. The number of aryl methyl sites for hydroxylation is 1. The normalized spacial score (nSPS) is 19.9. The van der Waals surface area contributed by atoms with Crippen LogP contribution in [0.15, 0.2) is 12.3 Å². The summed E-state index contributed by atoms with van der Waals surface area (Å²) in [5.41, 5.74) is 7.67. The molecule has 1 aromatic rings. The van der Waals surface area contributed by atoms with E-state index in [1.807, 2.05) is 10.9 Å². The molecule has 1 fully saturated rings. The highest BCUT2D eigenvalue weighted by Crippen LogP contribution is 2.33. The third-order valence-corrected chi connectivity index (χ3v) is 4.35. The van der Waals surface area contributed by atoms with Crippen LogP contribution in [0.2, 0.25) is 0 Å². The highest BCUT2D eigenvalue weighted by atomic mass is 16.5. The van der Waals surface area contributed by atoms with Crippen LogP contribution in [0.5, 0.6) is 0 Å². The summed E-state index contributed by atoms with van der Waals surface area (Å²) in [5, 5.41) is 4.40. The number of hydrogen-bond acceptors (Lipinski definition) is 3. The lowest BCUT2D eigenvalue weighted by atomic mass is 9.82. The van der Waals surface area contributed by atoms with E-state index in [0.717, 1.165) is 25.3 Å². The van der Waals surface area contributed by atoms with E-state index in [9.17, 15) is 0 Å². The number of ether oxygens (including phenoxy) is 1. The molecule has 2 atom stereocenters. The minimum atomic E-state index is -0.0629. The Bertz CT molecular complexity index is 385. The molecule has 0 radical (unpaired) electrons. The molecule has 2 rings (SSSR count). The van der Waals surface area contributed by atoms with Crippen molar-refractivity contribution in [2.45, 2.75) is 71.1 Å². The lowest BCUT2D eigenvalue weighted by molar-refractivity contribution is -0.0115. The maximum absolute atomic E-state index is 6.55. The summed E-state index contributed by atoms with van der Waals surface area (Å²) in [6.45, 7) is 5.89. The first kappa shape index (κ1) is 15.5. The average molecular weight is 279 g/mol. The van der Waals surface area contributed by atoms with Crippen LogP contribution in [0.25, 0.3) is 0 Å². The Morgan fingerprint density at radius 2 is 2.10 bits per heavy atom. The molecule has 0 spiro atoms. The zero-order valence-electron chi connectivity index (χ0n) is 12.9. The van der Waals surface area contributed by atoms with Crippen molar-refractivity contribution < 1.29 is 4.74 Å². The van der Waals surface area contributed by atoms with E-state index in [4.69, 9.17) is 10.5 Å². The molecule has 0 saturated heterocycles. The molecule has 2 N–H and O–H groups in total. The molecular formula is C16H29N3O. The molecule has 4 heteroatoms. The SMILES string of the molecule is CCCn1nccc1C(N)C(OCC)C1CCCCC1. The van der Waals surface area contributed by atoms with Gasteiger partial charge in [0.25, 0.3) is 0 Å². The summed E-state index contributed by atoms with van der Waals surface area (Å²) >= 11 is 0. The van der Waals surface area contributed by atoms with Gasteiger partial charge in [0, 0.05) is 19.3 Å². The number of nitrogens with zero attached hydrogens (tertiary/aromatic N) is 2.